The van der Waals surface area contributed by atoms with Crippen molar-refractivity contribution in [2.24, 2.45) is 0 Å². The first-order chi connectivity index (χ1) is 13.6. The van der Waals surface area contributed by atoms with Crippen molar-refractivity contribution in [3.8, 4) is 0 Å². The lowest BCUT2D eigenvalue weighted by Gasteiger charge is -2.21. The maximum atomic E-state index is 12.2. The predicted molar refractivity (Wildman–Crippen MR) is 115 cm³/mol. The van der Waals surface area contributed by atoms with Crippen molar-refractivity contribution in [3.05, 3.63) is 74.4 Å². The molecule has 146 valence electrons. The Morgan fingerprint density at radius 2 is 1.96 bits per heavy atom. The van der Waals surface area contributed by atoms with Crippen LogP contribution in [0.4, 0.5) is 5.82 Å². The van der Waals surface area contributed by atoms with Crippen LogP contribution in [-0.2, 0) is 11.3 Å². The zero-order valence-corrected chi connectivity index (χ0v) is 16.7. The van der Waals surface area contributed by atoms with Gasteiger partial charge in [-0.25, -0.2) is 0 Å². The summed E-state index contributed by atoms with van der Waals surface area (Å²) < 4.78 is 5.87. The molecule has 1 saturated heterocycles. The van der Waals surface area contributed by atoms with Gasteiger partial charge in [-0.05, 0) is 36.2 Å². The standard InChI is InChI=1S/C21H21Cl2N3O2/c22-15-6-5-13(9-16(15)23)11-24-18-7-8-28-20(18)12-25-21-10-19(27)14-3-1-2-4-17(14)26-21/h1-6,9-10,18,20,24H,7-8,11-12H2,(H2,25,26,27)/t18-,20+/m0/s1. The van der Waals surface area contributed by atoms with Crippen LogP contribution in [0.2, 0.25) is 10.0 Å². The van der Waals surface area contributed by atoms with Crippen LogP contribution in [0.15, 0.2) is 53.3 Å². The Hall–Kier alpha value is -2.05. The lowest BCUT2D eigenvalue weighted by molar-refractivity contribution is 0.108. The highest BCUT2D eigenvalue weighted by molar-refractivity contribution is 6.42. The summed E-state index contributed by atoms with van der Waals surface area (Å²) in [4.78, 5) is 15.5. The van der Waals surface area contributed by atoms with E-state index in [1.165, 1.54) is 0 Å². The lowest BCUT2D eigenvalue weighted by Crippen LogP contribution is -2.40. The maximum Gasteiger partial charge on any atom is 0.191 e. The van der Waals surface area contributed by atoms with E-state index in [-0.39, 0.29) is 17.6 Å². The number of halogens is 2. The number of ether oxygens (including phenoxy) is 1. The third kappa shape index (κ3) is 4.33. The van der Waals surface area contributed by atoms with Crippen molar-refractivity contribution >= 4 is 39.9 Å². The molecule has 28 heavy (non-hydrogen) atoms. The van der Waals surface area contributed by atoms with E-state index in [1.54, 1.807) is 12.1 Å². The molecule has 3 aromatic rings. The Labute approximate surface area is 173 Å². The van der Waals surface area contributed by atoms with E-state index in [0.29, 0.717) is 40.9 Å². The second-order valence-electron chi connectivity index (χ2n) is 6.91. The number of aromatic amines is 1. The van der Waals surface area contributed by atoms with E-state index in [0.717, 1.165) is 17.5 Å². The summed E-state index contributed by atoms with van der Waals surface area (Å²) in [5, 5.41) is 8.64. The molecule has 0 radical (unpaired) electrons. The van der Waals surface area contributed by atoms with Crippen LogP contribution in [0.5, 0.6) is 0 Å². The van der Waals surface area contributed by atoms with E-state index in [4.69, 9.17) is 27.9 Å². The van der Waals surface area contributed by atoms with E-state index in [2.05, 4.69) is 15.6 Å². The smallest absolute Gasteiger partial charge is 0.191 e. The Morgan fingerprint density at radius 3 is 2.82 bits per heavy atom. The third-order valence-corrected chi connectivity index (χ3v) is 5.73. The first kappa shape index (κ1) is 19.3. The molecule has 1 aliphatic rings. The van der Waals surface area contributed by atoms with Crippen LogP contribution in [0.25, 0.3) is 10.9 Å². The number of hydrogen-bond donors (Lipinski definition) is 3. The summed E-state index contributed by atoms with van der Waals surface area (Å²) in [5.41, 5.74) is 1.89. The summed E-state index contributed by atoms with van der Waals surface area (Å²) in [7, 11) is 0. The molecule has 0 amide bonds. The maximum absolute atomic E-state index is 12.2. The highest BCUT2D eigenvalue weighted by atomic mass is 35.5. The number of anilines is 1. The molecule has 0 spiro atoms. The second kappa shape index (κ2) is 8.53. The molecule has 2 heterocycles. The van der Waals surface area contributed by atoms with Gasteiger partial charge in [-0.1, -0.05) is 41.4 Å². The molecule has 0 aliphatic carbocycles. The minimum absolute atomic E-state index is 0.00141. The second-order valence-corrected chi connectivity index (χ2v) is 7.72. The Balaban J connectivity index is 1.37. The normalized spacial score (nSPS) is 19.2. The molecule has 2 atom stereocenters. The number of fused-ring (bicyclic) bond motifs is 1. The number of H-pyrrole nitrogens is 1. The minimum Gasteiger partial charge on any atom is -0.375 e. The van der Waals surface area contributed by atoms with Crippen LogP contribution < -0.4 is 16.1 Å². The molecule has 0 saturated carbocycles. The Morgan fingerprint density at radius 1 is 1.11 bits per heavy atom. The van der Waals surface area contributed by atoms with Gasteiger partial charge in [-0.2, -0.15) is 0 Å². The fraction of sp³-hybridized carbons (Fsp3) is 0.286. The van der Waals surface area contributed by atoms with Crippen molar-refractivity contribution in [1.29, 1.82) is 0 Å². The average Bonchev–Trinajstić information content (AvgIpc) is 3.15. The summed E-state index contributed by atoms with van der Waals surface area (Å²) in [6.07, 6.45) is 0.944. The molecule has 0 unspecified atom stereocenters. The quantitative estimate of drug-likeness (QED) is 0.562. The molecule has 3 N–H and O–H groups in total. The van der Waals surface area contributed by atoms with Crippen LogP contribution in [-0.4, -0.2) is 30.3 Å². The Kier molecular flexibility index (Phi) is 5.87. The monoisotopic (exact) mass is 417 g/mol. The number of hydrogen-bond acceptors (Lipinski definition) is 4. The molecule has 1 aliphatic heterocycles. The third-order valence-electron chi connectivity index (χ3n) is 4.99. The highest BCUT2D eigenvalue weighted by Crippen LogP contribution is 2.23. The van der Waals surface area contributed by atoms with Gasteiger partial charge < -0.3 is 20.4 Å². The van der Waals surface area contributed by atoms with E-state index < -0.39 is 0 Å². The first-order valence-electron chi connectivity index (χ1n) is 9.25. The van der Waals surface area contributed by atoms with Gasteiger partial charge >= 0.3 is 0 Å². The van der Waals surface area contributed by atoms with Crippen molar-refractivity contribution in [2.75, 3.05) is 18.5 Å². The Bertz CT molecular complexity index is 1040. The predicted octanol–water partition coefficient (Wildman–Crippen LogP) is 4.19. The molecule has 7 heteroatoms. The fourth-order valence-corrected chi connectivity index (χ4v) is 3.81. The van der Waals surface area contributed by atoms with Crippen LogP contribution in [0.3, 0.4) is 0 Å². The fourth-order valence-electron chi connectivity index (χ4n) is 3.48. The average molecular weight is 418 g/mol. The zero-order chi connectivity index (χ0) is 19.5. The largest absolute Gasteiger partial charge is 0.375 e. The number of rotatable bonds is 6. The van der Waals surface area contributed by atoms with Gasteiger partial charge in [0.25, 0.3) is 0 Å². The molecule has 0 bridgehead atoms. The summed E-state index contributed by atoms with van der Waals surface area (Å²) in [6, 6.07) is 14.9. The molecule has 2 aromatic carbocycles. The molecular weight excluding hydrogens is 397 g/mol. The number of pyridine rings is 1. The van der Waals surface area contributed by atoms with E-state index in [1.807, 2.05) is 36.4 Å². The van der Waals surface area contributed by atoms with Crippen LogP contribution in [0.1, 0.15) is 12.0 Å². The van der Waals surface area contributed by atoms with Crippen molar-refractivity contribution in [3.63, 3.8) is 0 Å². The molecule has 1 aromatic heterocycles. The van der Waals surface area contributed by atoms with E-state index in [9.17, 15) is 4.79 Å². The van der Waals surface area contributed by atoms with Gasteiger partial charge in [0.2, 0.25) is 0 Å². The summed E-state index contributed by atoms with van der Waals surface area (Å²) >= 11 is 12.1. The highest BCUT2D eigenvalue weighted by Gasteiger charge is 2.27. The number of para-hydroxylation sites is 1. The van der Waals surface area contributed by atoms with Gasteiger partial charge in [0.1, 0.15) is 5.82 Å². The van der Waals surface area contributed by atoms with Crippen LogP contribution in [0, 0.1) is 0 Å². The lowest BCUT2D eigenvalue weighted by atomic mass is 10.1. The van der Waals surface area contributed by atoms with Crippen LogP contribution >= 0.6 is 23.2 Å². The molecular formula is C21H21Cl2N3O2. The van der Waals surface area contributed by atoms with Gasteiger partial charge in [-0.15, -0.1) is 0 Å². The number of benzene rings is 2. The molecule has 5 nitrogen and oxygen atoms in total. The molecule has 1 fully saturated rings. The summed E-state index contributed by atoms with van der Waals surface area (Å²) in [5.74, 6) is 0.697. The SMILES string of the molecule is O=c1cc(NC[C@H]2OCC[C@@H]2NCc2ccc(Cl)c(Cl)c2)[nH]c2ccccc12. The van der Waals surface area contributed by atoms with Gasteiger partial charge in [0.15, 0.2) is 5.43 Å². The van der Waals surface area contributed by atoms with Crippen molar-refractivity contribution in [2.45, 2.75) is 25.1 Å². The molecule has 4 rings (SSSR count). The number of aromatic nitrogens is 1. The summed E-state index contributed by atoms with van der Waals surface area (Å²) in [6.45, 7) is 2.00. The van der Waals surface area contributed by atoms with Gasteiger partial charge in [0.05, 0.1) is 21.7 Å². The van der Waals surface area contributed by atoms with Gasteiger partial charge in [-0.3, -0.25) is 4.79 Å². The number of nitrogens with one attached hydrogen (secondary N) is 3. The van der Waals surface area contributed by atoms with E-state index >= 15 is 0 Å². The first-order valence-corrected chi connectivity index (χ1v) is 10.0. The topological polar surface area (TPSA) is 66.2 Å². The minimum atomic E-state index is -0.00141. The van der Waals surface area contributed by atoms with Crippen molar-refractivity contribution < 1.29 is 4.74 Å². The van der Waals surface area contributed by atoms with Crippen molar-refractivity contribution in [1.82, 2.24) is 10.3 Å². The zero-order valence-electron chi connectivity index (χ0n) is 15.2. The van der Waals surface area contributed by atoms with Gasteiger partial charge in [0, 0.05) is 37.2 Å².